The maximum atomic E-state index is 12.0. The third-order valence-corrected chi connectivity index (χ3v) is 11.8. The van der Waals surface area contributed by atoms with Crippen LogP contribution in [0.5, 0.6) is 0 Å². The summed E-state index contributed by atoms with van der Waals surface area (Å²) in [6.07, 6.45) is 1.47. The molecule has 0 aliphatic heterocycles. The van der Waals surface area contributed by atoms with Crippen molar-refractivity contribution >= 4 is 14.3 Å². The Morgan fingerprint density at radius 3 is 2.09 bits per heavy atom. The van der Waals surface area contributed by atoms with Gasteiger partial charge in [0.2, 0.25) is 0 Å². The number of hydrogen-bond donors (Lipinski definition) is 1. The molecule has 1 N–H and O–H groups in total. The van der Waals surface area contributed by atoms with Gasteiger partial charge in [0.25, 0.3) is 0 Å². The van der Waals surface area contributed by atoms with Crippen molar-refractivity contribution in [3.63, 3.8) is 0 Å². The SMILES string of the molecule is CC(C)[C@@H](Cc1ccccc1)C[C@H](N=[N+]=[N-])C(C[C@H](C(=O)O)C(C)C)O[Si](C)(C)C(C)(C)C. The van der Waals surface area contributed by atoms with Gasteiger partial charge < -0.3 is 9.53 Å². The molecule has 0 saturated carbocycles. The van der Waals surface area contributed by atoms with E-state index in [4.69, 9.17) is 4.43 Å². The van der Waals surface area contributed by atoms with Crippen molar-refractivity contribution in [1.82, 2.24) is 0 Å². The first kappa shape index (κ1) is 29.2. The van der Waals surface area contributed by atoms with E-state index in [1.807, 2.05) is 32.0 Å². The van der Waals surface area contributed by atoms with Crippen LogP contribution in [-0.4, -0.2) is 31.5 Å². The van der Waals surface area contributed by atoms with Crippen molar-refractivity contribution < 1.29 is 14.3 Å². The van der Waals surface area contributed by atoms with E-state index in [2.05, 4.69) is 69.9 Å². The van der Waals surface area contributed by atoms with Gasteiger partial charge in [0.05, 0.1) is 18.1 Å². The first-order valence-corrected chi connectivity index (χ1v) is 15.1. The zero-order chi connectivity index (χ0) is 25.4. The molecular formula is C26H45N3O3Si. The second kappa shape index (κ2) is 12.6. The zero-order valence-electron chi connectivity index (χ0n) is 22.1. The Hall–Kier alpha value is -1.82. The lowest BCUT2D eigenvalue weighted by atomic mass is 9.81. The monoisotopic (exact) mass is 475 g/mol. The van der Waals surface area contributed by atoms with Crippen LogP contribution in [0.3, 0.4) is 0 Å². The molecule has 1 unspecified atom stereocenters. The predicted octanol–water partition coefficient (Wildman–Crippen LogP) is 7.71. The number of azide groups is 1. The third-order valence-electron chi connectivity index (χ3n) is 7.32. The standard InChI is InChI=1S/C26H45N3O3Si/c1-18(2)21(15-20-13-11-10-12-14-20)16-23(28-29-27)24(17-22(19(3)4)25(30)31)32-33(8,9)26(5,6)7/h10-14,18-19,21-24H,15-17H2,1-9H3,(H,30,31)/t21-,22-,23-,24?/m0/s1. The first-order valence-electron chi connectivity index (χ1n) is 12.2. The van der Waals surface area contributed by atoms with Crippen LogP contribution in [-0.2, 0) is 15.6 Å². The molecule has 1 rings (SSSR count). The fourth-order valence-electron chi connectivity index (χ4n) is 3.91. The Bertz CT molecular complexity index is 784. The quantitative estimate of drug-likeness (QED) is 0.137. The van der Waals surface area contributed by atoms with Crippen LogP contribution in [0.4, 0.5) is 0 Å². The lowest BCUT2D eigenvalue weighted by Gasteiger charge is -2.42. The molecule has 0 heterocycles. The number of carboxylic acid groups (broad SMARTS) is 1. The van der Waals surface area contributed by atoms with Crippen LogP contribution >= 0.6 is 0 Å². The molecular weight excluding hydrogens is 430 g/mol. The van der Waals surface area contributed by atoms with Crippen LogP contribution < -0.4 is 0 Å². The molecule has 1 aromatic carbocycles. The molecule has 0 radical (unpaired) electrons. The van der Waals surface area contributed by atoms with Gasteiger partial charge in [-0.3, -0.25) is 4.79 Å². The lowest BCUT2D eigenvalue weighted by Crippen LogP contribution is -2.48. The molecule has 0 fully saturated rings. The number of carbonyl (C=O) groups is 1. The van der Waals surface area contributed by atoms with E-state index in [9.17, 15) is 15.4 Å². The molecule has 7 heteroatoms. The molecule has 0 aliphatic rings. The molecule has 4 atom stereocenters. The summed E-state index contributed by atoms with van der Waals surface area (Å²) < 4.78 is 6.79. The number of rotatable bonds is 13. The minimum absolute atomic E-state index is 0.0371. The fraction of sp³-hybridized carbons (Fsp3) is 0.731. The van der Waals surface area contributed by atoms with Gasteiger partial charge in [-0.05, 0) is 66.2 Å². The number of nitrogens with zero attached hydrogens (tertiary/aromatic N) is 3. The van der Waals surface area contributed by atoms with Crippen LogP contribution in [0.2, 0.25) is 18.1 Å². The molecule has 0 amide bonds. The van der Waals surface area contributed by atoms with E-state index in [-0.39, 0.29) is 16.9 Å². The van der Waals surface area contributed by atoms with Gasteiger partial charge in [-0.15, -0.1) is 0 Å². The summed E-state index contributed by atoms with van der Waals surface area (Å²) in [6.45, 7) is 19.1. The molecule has 0 aliphatic carbocycles. The van der Waals surface area contributed by atoms with Crippen molar-refractivity contribution in [1.29, 1.82) is 0 Å². The fourth-order valence-corrected chi connectivity index (χ4v) is 5.27. The Morgan fingerprint density at radius 1 is 1.09 bits per heavy atom. The first-order chi connectivity index (χ1) is 15.2. The summed E-state index contributed by atoms with van der Waals surface area (Å²) in [4.78, 5) is 15.2. The van der Waals surface area contributed by atoms with Gasteiger partial charge >= 0.3 is 5.97 Å². The molecule has 0 aromatic heterocycles. The highest BCUT2D eigenvalue weighted by Crippen LogP contribution is 2.40. The van der Waals surface area contributed by atoms with Crippen molar-refractivity contribution in [2.75, 3.05) is 0 Å². The van der Waals surface area contributed by atoms with E-state index in [1.54, 1.807) is 0 Å². The van der Waals surface area contributed by atoms with Gasteiger partial charge in [-0.1, -0.05) is 83.9 Å². The van der Waals surface area contributed by atoms with E-state index >= 15 is 0 Å². The van der Waals surface area contributed by atoms with Gasteiger partial charge in [-0.2, -0.15) is 0 Å². The van der Waals surface area contributed by atoms with Crippen LogP contribution in [0.25, 0.3) is 10.4 Å². The summed E-state index contributed by atoms with van der Waals surface area (Å²) >= 11 is 0. The Kier molecular flexibility index (Phi) is 11.1. The summed E-state index contributed by atoms with van der Waals surface area (Å²) in [5, 5.41) is 14.1. The summed E-state index contributed by atoms with van der Waals surface area (Å²) in [5.74, 6) is -0.739. The summed E-state index contributed by atoms with van der Waals surface area (Å²) in [5.41, 5.74) is 10.7. The Labute approximate surface area is 201 Å². The topological polar surface area (TPSA) is 95.3 Å². The molecule has 1 aromatic rings. The van der Waals surface area contributed by atoms with Crippen molar-refractivity contribution in [3.8, 4) is 0 Å². The third kappa shape index (κ3) is 9.15. The zero-order valence-corrected chi connectivity index (χ0v) is 23.1. The predicted molar refractivity (Wildman–Crippen MR) is 139 cm³/mol. The molecule has 6 nitrogen and oxygen atoms in total. The second-order valence-corrected chi connectivity index (χ2v) is 16.3. The lowest BCUT2D eigenvalue weighted by molar-refractivity contribution is -0.144. The molecule has 186 valence electrons. The average molecular weight is 476 g/mol. The highest BCUT2D eigenvalue weighted by molar-refractivity contribution is 6.74. The van der Waals surface area contributed by atoms with Gasteiger partial charge in [0.15, 0.2) is 8.32 Å². The molecule has 0 bridgehead atoms. The van der Waals surface area contributed by atoms with Crippen molar-refractivity contribution in [2.24, 2.45) is 28.8 Å². The number of benzene rings is 1. The van der Waals surface area contributed by atoms with Crippen LogP contribution in [0, 0.1) is 23.7 Å². The number of carboxylic acids is 1. The van der Waals surface area contributed by atoms with E-state index in [1.165, 1.54) is 5.56 Å². The maximum Gasteiger partial charge on any atom is 0.306 e. The maximum absolute atomic E-state index is 12.0. The highest BCUT2D eigenvalue weighted by atomic mass is 28.4. The van der Waals surface area contributed by atoms with Crippen molar-refractivity contribution in [2.45, 2.75) is 98.0 Å². The van der Waals surface area contributed by atoms with Crippen LogP contribution in [0.1, 0.15) is 66.9 Å². The molecule has 33 heavy (non-hydrogen) atoms. The van der Waals surface area contributed by atoms with Crippen LogP contribution in [0.15, 0.2) is 35.4 Å². The summed E-state index contributed by atoms with van der Waals surface area (Å²) in [7, 11) is -2.22. The normalized spacial score (nSPS) is 16.2. The van der Waals surface area contributed by atoms with Gasteiger partial charge in [0, 0.05) is 4.91 Å². The smallest absolute Gasteiger partial charge is 0.306 e. The van der Waals surface area contributed by atoms with E-state index < -0.39 is 32.4 Å². The minimum Gasteiger partial charge on any atom is -0.481 e. The largest absolute Gasteiger partial charge is 0.481 e. The Morgan fingerprint density at radius 2 is 1.67 bits per heavy atom. The van der Waals surface area contributed by atoms with Gasteiger partial charge in [0.1, 0.15) is 0 Å². The number of hydrogen-bond acceptors (Lipinski definition) is 3. The van der Waals surface area contributed by atoms with Crippen molar-refractivity contribution in [3.05, 3.63) is 46.3 Å². The average Bonchev–Trinajstić information content (AvgIpc) is 2.69. The highest BCUT2D eigenvalue weighted by Gasteiger charge is 2.42. The van der Waals surface area contributed by atoms with Gasteiger partial charge in [-0.25, -0.2) is 0 Å². The molecule has 0 saturated heterocycles. The summed E-state index contributed by atoms with van der Waals surface area (Å²) in [6, 6.07) is 9.93. The second-order valence-electron chi connectivity index (χ2n) is 11.5. The molecule has 0 spiro atoms. The Balaban J connectivity index is 3.33. The minimum atomic E-state index is -2.22. The van der Waals surface area contributed by atoms with E-state index in [0.29, 0.717) is 18.8 Å². The van der Waals surface area contributed by atoms with E-state index in [0.717, 1.165) is 6.42 Å². The number of aliphatic carboxylic acids is 1.